The van der Waals surface area contributed by atoms with Gasteiger partial charge in [-0.15, -0.1) is 0 Å². The van der Waals surface area contributed by atoms with Gasteiger partial charge >= 0.3 is 0 Å². The number of nitrogens with two attached hydrogens (primary N) is 2. The summed E-state index contributed by atoms with van der Waals surface area (Å²) in [6.07, 6.45) is 3.37. The number of hydrogen-bond acceptors (Lipinski definition) is 4. The van der Waals surface area contributed by atoms with Gasteiger partial charge in [-0.2, -0.15) is 0 Å². The van der Waals surface area contributed by atoms with Gasteiger partial charge < -0.3 is 26.6 Å². The van der Waals surface area contributed by atoms with Gasteiger partial charge in [0.15, 0.2) is 0 Å². The molecule has 6 N–H and O–H groups in total. The van der Waals surface area contributed by atoms with Crippen LogP contribution in [0.5, 0.6) is 0 Å². The zero-order valence-electron chi connectivity index (χ0n) is 17.5. The standard InChI is InChI=1S/C22H34Cl2N5/c1-3-12-29(2,13-4-10-27-17-6-8-21(25)19(23)15-17)14-5-11-28-18-7-9-22(26)20(24)16-18/h6-9,15-16,27-28H,3-5,10-14,25-26H2,1-2H3/q+1. The van der Waals surface area contributed by atoms with Gasteiger partial charge in [0.2, 0.25) is 0 Å². The van der Waals surface area contributed by atoms with Crippen LogP contribution in [0, 0.1) is 0 Å². The largest absolute Gasteiger partial charge is 0.398 e. The molecule has 0 aliphatic rings. The second-order valence-corrected chi connectivity index (χ2v) is 8.64. The summed E-state index contributed by atoms with van der Waals surface area (Å²) in [7, 11) is 2.35. The van der Waals surface area contributed by atoms with E-state index in [1.165, 1.54) is 13.0 Å². The molecular weight excluding hydrogens is 405 g/mol. The van der Waals surface area contributed by atoms with Crippen LogP contribution in [-0.4, -0.2) is 44.3 Å². The van der Waals surface area contributed by atoms with E-state index in [9.17, 15) is 0 Å². The summed E-state index contributed by atoms with van der Waals surface area (Å²) in [6.45, 7) is 7.54. The number of nitrogen functional groups attached to an aromatic ring is 2. The predicted octanol–water partition coefficient (Wildman–Crippen LogP) is 5.32. The third-order valence-electron chi connectivity index (χ3n) is 5.17. The Morgan fingerprint density at radius 3 is 1.62 bits per heavy atom. The molecule has 0 saturated carbocycles. The van der Waals surface area contributed by atoms with Crippen LogP contribution >= 0.6 is 23.2 Å². The molecule has 0 fully saturated rings. The Bertz CT molecular complexity index is 722. The number of hydrogen-bond donors (Lipinski definition) is 4. The lowest BCUT2D eigenvalue weighted by Gasteiger charge is -2.34. The van der Waals surface area contributed by atoms with Crippen LogP contribution in [0.1, 0.15) is 26.2 Å². The van der Waals surface area contributed by atoms with Crippen molar-refractivity contribution in [2.75, 3.05) is 61.9 Å². The second kappa shape index (κ2) is 11.4. The van der Waals surface area contributed by atoms with Gasteiger partial charge in [0.25, 0.3) is 0 Å². The molecule has 7 heteroatoms. The number of rotatable bonds is 12. The van der Waals surface area contributed by atoms with Crippen molar-refractivity contribution in [1.29, 1.82) is 0 Å². The van der Waals surface area contributed by atoms with Crippen LogP contribution in [0.25, 0.3) is 0 Å². The van der Waals surface area contributed by atoms with E-state index >= 15 is 0 Å². The van der Waals surface area contributed by atoms with Crippen LogP contribution < -0.4 is 22.1 Å². The molecule has 0 saturated heterocycles. The average molecular weight is 439 g/mol. The molecule has 0 atom stereocenters. The molecule has 2 aromatic carbocycles. The minimum Gasteiger partial charge on any atom is -0.398 e. The normalized spacial score (nSPS) is 11.4. The van der Waals surface area contributed by atoms with Gasteiger partial charge in [-0.1, -0.05) is 30.1 Å². The van der Waals surface area contributed by atoms with Gasteiger partial charge in [0.05, 0.1) is 48.1 Å². The molecule has 2 aromatic rings. The number of nitrogens with zero attached hydrogens (tertiary/aromatic N) is 1. The zero-order chi connectivity index (χ0) is 21.3. The molecule has 0 aliphatic heterocycles. The molecule has 0 radical (unpaired) electrons. The number of nitrogens with one attached hydrogen (secondary N) is 2. The van der Waals surface area contributed by atoms with Gasteiger partial charge in [-0.3, -0.25) is 0 Å². The third kappa shape index (κ3) is 7.84. The Hall–Kier alpha value is -1.82. The first-order chi connectivity index (χ1) is 13.8. The molecule has 160 valence electrons. The molecule has 0 amide bonds. The Morgan fingerprint density at radius 2 is 1.24 bits per heavy atom. The lowest BCUT2D eigenvalue weighted by Crippen LogP contribution is -2.47. The molecular formula is C22H34Cl2N5+. The molecule has 0 unspecified atom stereocenters. The summed E-state index contributed by atoms with van der Waals surface area (Å²) >= 11 is 12.2. The smallest absolute Gasteiger partial charge is 0.0801 e. The van der Waals surface area contributed by atoms with Gasteiger partial charge in [-0.25, -0.2) is 0 Å². The minimum atomic E-state index is 0.594. The Kier molecular flexibility index (Phi) is 9.21. The summed E-state index contributed by atoms with van der Waals surface area (Å²) in [6, 6.07) is 11.4. The quantitative estimate of drug-likeness (QED) is 0.205. The first-order valence-corrected chi connectivity index (χ1v) is 11.0. The van der Waals surface area contributed by atoms with E-state index < -0.39 is 0 Å². The van der Waals surface area contributed by atoms with Crippen molar-refractivity contribution in [2.24, 2.45) is 0 Å². The molecule has 0 aliphatic carbocycles. The van der Waals surface area contributed by atoms with Crippen LogP contribution in [0.4, 0.5) is 22.7 Å². The monoisotopic (exact) mass is 438 g/mol. The third-order valence-corrected chi connectivity index (χ3v) is 5.83. The maximum absolute atomic E-state index is 6.08. The fourth-order valence-electron chi connectivity index (χ4n) is 3.54. The van der Waals surface area contributed by atoms with Gasteiger partial charge in [0.1, 0.15) is 0 Å². The van der Waals surface area contributed by atoms with E-state index in [4.69, 9.17) is 34.7 Å². The maximum atomic E-state index is 6.08. The Morgan fingerprint density at radius 1 is 0.793 bits per heavy atom. The summed E-state index contributed by atoms with van der Waals surface area (Å²) in [4.78, 5) is 0. The lowest BCUT2D eigenvalue weighted by atomic mass is 10.2. The molecule has 2 rings (SSSR count). The van der Waals surface area contributed by atoms with Crippen molar-refractivity contribution in [2.45, 2.75) is 26.2 Å². The van der Waals surface area contributed by atoms with E-state index in [-0.39, 0.29) is 0 Å². The van der Waals surface area contributed by atoms with Gasteiger partial charge in [-0.05, 0) is 42.8 Å². The number of benzene rings is 2. The van der Waals surface area contributed by atoms with Crippen molar-refractivity contribution >= 4 is 46.0 Å². The minimum absolute atomic E-state index is 0.594. The van der Waals surface area contributed by atoms with E-state index in [0.29, 0.717) is 21.4 Å². The van der Waals surface area contributed by atoms with Crippen molar-refractivity contribution < 1.29 is 4.48 Å². The second-order valence-electron chi connectivity index (χ2n) is 7.82. The molecule has 0 bridgehead atoms. The highest BCUT2D eigenvalue weighted by Crippen LogP contribution is 2.23. The van der Waals surface area contributed by atoms with Crippen molar-refractivity contribution in [3.8, 4) is 0 Å². The fourth-order valence-corrected chi connectivity index (χ4v) is 3.90. The lowest BCUT2D eigenvalue weighted by molar-refractivity contribution is -0.909. The zero-order valence-corrected chi connectivity index (χ0v) is 19.0. The molecule has 0 heterocycles. The fraction of sp³-hybridized carbons (Fsp3) is 0.455. The van der Waals surface area contributed by atoms with Crippen molar-refractivity contribution in [3.05, 3.63) is 46.4 Å². The van der Waals surface area contributed by atoms with Crippen LogP contribution in [0.3, 0.4) is 0 Å². The van der Waals surface area contributed by atoms with Gasteiger partial charge in [0, 0.05) is 37.3 Å². The maximum Gasteiger partial charge on any atom is 0.0801 e. The summed E-state index contributed by atoms with van der Waals surface area (Å²) in [5, 5.41) is 8.07. The highest BCUT2D eigenvalue weighted by atomic mass is 35.5. The molecule has 5 nitrogen and oxygen atoms in total. The Labute approximate surface area is 184 Å². The van der Waals surface area contributed by atoms with Crippen LogP contribution in [0.2, 0.25) is 10.0 Å². The van der Waals surface area contributed by atoms with E-state index in [1.807, 2.05) is 36.4 Å². The van der Waals surface area contributed by atoms with E-state index in [2.05, 4.69) is 24.6 Å². The highest BCUT2D eigenvalue weighted by Gasteiger charge is 2.19. The van der Waals surface area contributed by atoms with Crippen molar-refractivity contribution in [1.82, 2.24) is 0 Å². The first kappa shape index (κ1) is 23.5. The first-order valence-electron chi connectivity index (χ1n) is 10.2. The van der Waals surface area contributed by atoms with E-state index in [0.717, 1.165) is 54.9 Å². The topological polar surface area (TPSA) is 76.1 Å². The average Bonchev–Trinajstić information content (AvgIpc) is 2.68. The Balaban J connectivity index is 1.74. The molecule has 0 aromatic heterocycles. The van der Waals surface area contributed by atoms with Crippen molar-refractivity contribution in [3.63, 3.8) is 0 Å². The SMILES string of the molecule is CCC[N+](C)(CCCNc1ccc(N)c(Cl)c1)CCCNc1ccc(N)c(Cl)c1. The molecule has 0 spiro atoms. The van der Waals surface area contributed by atoms with Crippen LogP contribution in [0.15, 0.2) is 36.4 Å². The number of halogens is 2. The van der Waals surface area contributed by atoms with E-state index in [1.54, 1.807) is 0 Å². The summed E-state index contributed by atoms with van der Waals surface area (Å²) in [5.41, 5.74) is 14.8. The van der Waals surface area contributed by atoms with Crippen LogP contribution in [-0.2, 0) is 0 Å². The summed E-state index contributed by atoms with van der Waals surface area (Å²) < 4.78 is 1.07. The number of quaternary nitrogens is 1. The highest BCUT2D eigenvalue weighted by molar-refractivity contribution is 6.33. The predicted molar refractivity (Wildman–Crippen MR) is 129 cm³/mol. The number of anilines is 4. The summed E-state index contributed by atoms with van der Waals surface area (Å²) in [5.74, 6) is 0. The molecule has 29 heavy (non-hydrogen) atoms.